The van der Waals surface area contributed by atoms with E-state index in [1.807, 2.05) is 0 Å². The van der Waals surface area contributed by atoms with Crippen LogP contribution in [0.2, 0.25) is 0 Å². The molecule has 0 radical (unpaired) electrons. The molecule has 25 heavy (non-hydrogen) atoms. The van der Waals surface area contributed by atoms with Gasteiger partial charge in [0, 0.05) is 5.92 Å². The smallest absolute Gasteiger partial charge is 0.404 e. The lowest BCUT2D eigenvalue weighted by Crippen LogP contribution is -2.55. The minimum atomic E-state index is -4.67. The summed E-state index contributed by atoms with van der Waals surface area (Å²) in [6, 6.07) is 0. The van der Waals surface area contributed by atoms with E-state index in [0.717, 1.165) is 32.6 Å². The number of carbonyl (C=O) groups is 2. The van der Waals surface area contributed by atoms with E-state index in [9.17, 15) is 22.8 Å². The van der Waals surface area contributed by atoms with E-state index in [1.54, 1.807) is 0 Å². The largest absolute Gasteiger partial charge is 0.438 e. The van der Waals surface area contributed by atoms with E-state index < -0.39 is 36.2 Å². The van der Waals surface area contributed by atoms with Gasteiger partial charge in [-0.2, -0.15) is 13.2 Å². The highest BCUT2D eigenvalue weighted by atomic mass is 19.4. The number of alkyl halides is 3. The zero-order chi connectivity index (χ0) is 18.5. The van der Waals surface area contributed by atoms with Crippen molar-refractivity contribution in [1.29, 1.82) is 0 Å². The number of hydrogen-bond acceptors (Lipinski definition) is 4. The number of ether oxygens (including phenoxy) is 2. The average molecular weight is 362 g/mol. The van der Waals surface area contributed by atoms with E-state index in [0.29, 0.717) is 11.8 Å². The Hall–Kier alpha value is -1.11. The van der Waals surface area contributed by atoms with Gasteiger partial charge in [0.15, 0.2) is 12.2 Å². The van der Waals surface area contributed by atoms with Crippen molar-refractivity contribution < 1.29 is 32.2 Å². The number of Topliss-reactive ketones (excluding diaryl/α,β-unsaturated/α-hetero) is 1. The number of rotatable bonds is 6. The van der Waals surface area contributed by atoms with Gasteiger partial charge in [-0.3, -0.25) is 9.59 Å². The quantitative estimate of drug-likeness (QED) is 0.409. The first-order chi connectivity index (χ1) is 11.6. The third-order valence-electron chi connectivity index (χ3n) is 6.59. The van der Waals surface area contributed by atoms with Crippen molar-refractivity contribution in [3.8, 4) is 0 Å². The molecule has 142 valence electrons. The number of hydrogen-bond donors (Lipinski definition) is 0. The van der Waals surface area contributed by atoms with Gasteiger partial charge in [-0.25, -0.2) is 0 Å². The molecule has 4 fully saturated rings. The summed E-state index contributed by atoms with van der Waals surface area (Å²) in [6.07, 6.45) is -0.387. The molecule has 3 atom stereocenters. The molecule has 0 aliphatic heterocycles. The molecule has 4 aliphatic carbocycles. The molecule has 0 heterocycles. The van der Waals surface area contributed by atoms with E-state index in [2.05, 4.69) is 0 Å². The number of carbonyl (C=O) groups excluding carboxylic acids is 2. The topological polar surface area (TPSA) is 52.6 Å². The van der Waals surface area contributed by atoms with Gasteiger partial charge in [-0.15, -0.1) is 0 Å². The van der Waals surface area contributed by atoms with Crippen LogP contribution in [0.5, 0.6) is 0 Å². The molecule has 4 aliphatic rings. The number of halogens is 3. The minimum Gasteiger partial charge on any atom is -0.438 e. The first kappa shape index (κ1) is 18.7. The lowest BCUT2D eigenvalue weighted by atomic mass is 9.49. The van der Waals surface area contributed by atoms with E-state index in [4.69, 9.17) is 9.47 Å². The Morgan fingerprint density at radius 3 is 2.32 bits per heavy atom. The summed E-state index contributed by atoms with van der Waals surface area (Å²) in [5.74, 6) is 0.120. The molecule has 0 aromatic rings. The Balaban J connectivity index is 1.53. The predicted molar refractivity (Wildman–Crippen MR) is 82.4 cm³/mol. The van der Waals surface area contributed by atoms with E-state index in [-0.39, 0.29) is 18.3 Å². The second-order valence-electron chi connectivity index (χ2n) is 8.27. The lowest BCUT2D eigenvalue weighted by Gasteiger charge is -2.55. The third kappa shape index (κ3) is 3.09. The van der Waals surface area contributed by atoms with Gasteiger partial charge in [0.2, 0.25) is 0 Å². The van der Waals surface area contributed by atoms with Crippen molar-refractivity contribution in [3.63, 3.8) is 0 Å². The van der Waals surface area contributed by atoms with Crippen LogP contribution in [0.3, 0.4) is 0 Å². The maximum atomic E-state index is 13.0. The molecule has 0 spiro atoms. The van der Waals surface area contributed by atoms with Gasteiger partial charge < -0.3 is 9.47 Å². The van der Waals surface area contributed by atoms with E-state index in [1.165, 1.54) is 13.3 Å². The first-order valence-corrected chi connectivity index (χ1v) is 8.97. The SMILES string of the molecule is CCC(C)(C(=O)OCOCC12CC3CC(CC(C3)C1=O)C2)C(F)(F)F. The molecule has 0 N–H and O–H groups in total. The molecule has 0 aromatic heterocycles. The Kier molecular flexibility index (Phi) is 4.67. The van der Waals surface area contributed by atoms with Crippen molar-refractivity contribution in [2.24, 2.45) is 28.6 Å². The van der Waals surface area contributed by atoms with Crippen LogP contribution in [0.4, 0.5) is 13.2 Å². The monoisotopic (exact) mass is 362 g/mol. The third-order valence-corrected chi connectivity index (χ3v) is 6.59. The Morgan fingerprint density at radius 1 is 1.20 bits per heavy atom. The van der Waals surface area contributed by atoms with Gasteiger partial charge in [0.05, 0.1) is 12.0 Å². The van der Waals surface area contributed by atoms with Crippen LogP contribution in [0, 0.1) is 28.6 Å². The van der Waals surface area contributed by atoms with Gasteiger partial charge in [0.1, 0.15) is 5.78 Å². The second kappa shape index (κ2) is 6.25. The summed E-state index contributed by atoms with van der Waals surface area (Å²) < 4.78 is 49.2. The van der Waals surface area contributed by atoms with Gasteiger partial charge in [-0.05, 0) is 57.3 Å². The van der Waals surface area contributed by atoms with Crippen LogP contribution in [0.25, 0.3) is 0 Å². The normalized spacial score (nSPS) is 36.4. The summed E-state index contributed by atoms with van der Waals surface area (Å²) >= 11 is 0. The zero-order valence-electron chi connectivity index (χ0n) is 14.7. The van der Waals surface area contributed by atoms with Crippen molar-refractivity contribution >= 4 is 11.8 Å². The highest BCUT2D eigenvalue weighted by Crippen LogP contribution is 2.58. The zero-order valence-corrected chi connectivity index (χ0v) is 14.7. The highest BCUT2D eigenvalue weighted by molar-refractivity contribution is 5.89. The predicted octanol–water partition coefficient (Wildman–Crippen LogP) is 3.88. The van der Waals surface area contributed by atoms with Crippen molar-refractivity contribution in [1.82, 2.24) is 0 Å². The summed E-state index contributed by atoms with van der Waals surface area (Å²) in [4.78, 5) is 24.5. The van der Waals surface area contributed by atoms with Crippen molar-refractivity contribution in [3.05, 3.63) is 0 Å². The van der Waals surface area contributed by atoms with Gasteiger partial charge in [-0.1, -0.05) is 6.92 Å². The van der Waals surface area contributed by atoms with Crippen molar-refractivity contribution in [2.45, 2.75) is 58.5 Å². The molecule has 4 nitrogen and oxygen atoms in total. The first-order valence-electron chi connectivity index (χ1n) is 8.97. The maximum Gasteiger partial charge on any atom is 0.404 e. The Bertz CT molecular complexity index is 545. The van der Waals surface area contributed by atoms with Crippen LogP contribution in [0.15, 0.2) is 0 Å². The van der Waals surface area contributed by atoms with Crippen LogP contribution in [-0.4, -0.2) is 31.3 Å². The molecular weight excluding hydrogens is 337 g/mol. The van der Waals surface area contributed by atoms with Crippen molar-refractivity contribution in [2.75, 3.05) is 13.4 Å². The number of esters is 1. The average Bonchev–Trinajstić information content (AvgIpc) is 2.53. The van der Waals surface area contributed by atoms with Crippen LogP contribution in [0.1, 0.15) is 52.4 Å². The van der Waals surface area contributed by atoms with Crippen LogP contribution < -0.4 is 0 Å². The van der Waals surface area contributed by atoms with Gasteiger partial charge in [0.25, 0.3) is 0 Å². The second-order valence-corrected chi connectivity index (χ2v) is 8.27. The molecule has 7 heteroatoms. The molecule has 0 aromatic carbocycles. The number of ketones is 1. The van der Waals surface area contributed by atoms with Crippen LogP contribution >= 0.6 is 0 Å². The molecule has 0 saturated heterocycles. The van der Waals surface area contributed by atoms with E-state index >= 15 is 0 Å². The summed E-state index contributed by atoms with van der Waals surface area (Å²) in [5.41, 5.74) is -3.05. The Labute approximate surface area is 145 Å². The fourth-order valence-corrected chi connectivity index (χ4v) is 5.08. The standard InChI is InChI=1S/C18H25F3O4/c1-3-16(2,18(19,20)21)15(23)25-10-24-9-17-7-11-4-12(8-17)6-13(5-11)14(17)22/h11-13H,3-10H2,1-2H3. The molecule has 4 saturated carbocycles. The van der Waals surface area contributed by atoms with Crippen LogP contribution in [-0.2, 0) is 19.1 Å². The summed E-state index contributed by atoms with van der Waals surface area (Å²) in [7, 11) is 0. The minimum absolute atomic E-state index is 0.117. The molecule has 4 bridgehead atoms. The van der Waals surface area contributed by atoms with Gasteiger partial charge >= 0.3 is 12.1 Å². The molecular formula is C18H25F3O4. The summed E-state index contributed by atoms with van der Waals surface area (Å²) in [6.45, 7) is 1.72. The highest BCUT2D eigenvalue weighted by Gasteiger charge is 2.58. The lowest BCUT2D eigenvalue weighted by molar-refractivity contribution is -0.236. The fraction of sp³-hybridized carbons (Fsp3) is 0.889. The molecule has 4 rings (SSSR count). The molecule has 0 amide bonds. The Morgan fingerprint density at radius 2 is 1.80 bits per heavy atom. The maximum absolute atomic E-state index is 13.0. The fourth-order valence-electron chi connectivity index (χ4n) is 5.08. The summed E-state index contributed by atoms with van der Waals surface area (Å²) in [5, 5.41) is 0. The molecule has 3 unspecified atom stereocenters.